The molecule has 0 aromatic carbocycles. The Bertz CT molecular complexity index is 330. The van der Waals surface area contributed by atoms with Gasteiger partial charge < -0.3 is 14.4 Å². The van der Waals surface area contributed by atoms with E-state index in [0.29, 0.717) is 5.16 Å². The summed E-state index contributed by atoms with van der Waals surface area (Å²) in [5.74, 6) is -0.838. The van der Waals surface area contributed by atoms with E-state index in [2.05, 4.69) is 10.2 Å². The Labute approximate surface area is 98.0 Å². The minimum Gasteiger partial charge on any atom is -0.481 e. The van der Waals surface area contributed by atoms with Crippen molar-refractivity contribution in [2.45, 2.75) is 24.5 Å². The summed E-state index contributed by atoms with van der Waals surface area (Å²) in [4.78, 5) is 10.4. The highest BCUT2D eigenvalue weighted by molar-refractivity contribution is 7.99. The molecule has 0 unspecified atom stereocenters. The zero-order valence-corrected chi connectivity index (χ0v) is 9.94. The maximum absolute atomic E-state index is 10.4. The normalized spacial score (nSPS) is 10.6. The fourth-order valence-corrected chi connectivity index (χ4v) is 1.83. The first kappa shape index (κ1) is 13.0. The number of ether oxygens (including phenoxy) is 1. The molecule has 0 aliphatic carbocycles. The van der Waals surface area contributed by atoms with Crippen LogP contribution in [0.25, 0.3) is 0 Å². The molecule has 0 aliphatic rings. The first-order chi connectivity index (χ1) is 7.74. The zero-order chi connectivity index (χ0) is 11.8. The molecule has 0 aliphatic heterocycles. The summed E-state index contributed by atoms with van der Waals surface area (Å²) in [6.07, 6.45) is 3.56. The second-order valence-electron chi connectivity index (χ2n) is 3.19. The van der Waals surface area contributed by atoms with E-state index in [-0.39, 0.29) is 5.75 Å². The summed E-state index contributed by atoms with van der Waals surface area (Å²) in [6.45, 7) is 1.53. The number of unbranched alkanes of at least 4 members (excludes halogenated alkanes) is 1. The van der Waals surface area contributed by atoms with Gasteiger partial charge in [-0.2, -0.15) is 0 Å². The lowest BCUT2D eigenvalue weighted by Gasteiger charge is -2.04. The molecule has 1 aromatic heterocycles. The average Bonchev–Trinajstić information content (AvgIpc) is 2.69. The summed E-state index contributed by atoms with van der Waals surface area (Å²) < 4.78 is 6.81. The molecule has 7 heteroatoms. The molecule has 0 atom stereocenters. The molecule has 90 valence electrons. The van der Waals surface area contributed by atoms with Gasteiger partial charge in [-0.15, -0.1) is 10.2 Å². The quantitative estimate of drug-likeness (QED) is 0.541. The summed E-state index contributed by atoms with van der Waals surface area (Å²) in [6, 6.07) is 0. The Balaban J connectivity index is 2.35. The van der Waals surface area contributed by atoms with Crippen LogP contribution in [0, 0.1) is 0 Å². The van der Waals surface area contributed by atoms with Crippen molar-refractivity contribution in [2.24, 2.45) is 0 Å². The molecular weight excluding hydrogens is 230 g/mol. The Morgan fingerprint density at radius 2 is 2.44 bits per heavy atom. The predicted molar refractivity (Wildman–Crippen MR) is 59.5 cm³/mol. The first-order valence-corrected chi connectivity index (χ1v) is 5.94. The van der Waals surface area contributed by atoms with Crippen LogP contribution in [0.15, 0.2) is 11.5 Å². The Morgan fingerprint density at radius 1 is 1.62 bits per heavy atom. The molecule has 0 saturated heterocycles. The molecular formula is C9H15N3O3S. The van der Waals surface area contributed by atoms with Gasteiger partial charge in [0.1, 0.15) is 6.33 Å². The fraction of sp³-hybridized carbons (Fsp3) is 0.667. The highest BCUT2D eigenvalue weighted by Crippen LogP contribution is 2.14. The van der Waals surface area contributed by atoms with Crippen LogP contribution in [0.3, 0.4) is 0 Å². The molecule has 0 spiro atoms. The Hall–Kier alpha value is -1.08. The Morgan fingerprint density at radius 3 is 3.12 bits per heavy atom. The standard InChI is InChI=1S/C9H15N3O3S/c1-15-5-3-2-4-12-7-10-11-9(12)16-6-8(13)14/h7H,2-6H2,1H3,(H,13,14). The van der Waals surface area contributed by atoms with Gasteiger partial charge in [0.2, 0.25) is 0 Å². The number of carbonyl (C=O) groups is 1. The number of aliphatic carboxylic acids is 1. The molecule has 6 nitrogen and oxygen atoms in total. The minimum absolute atomic E-state index is 0.0107. The van der Waals surface area contributed by atoms with Crippen molar-refractivity contribution in [1.82, 2.24) is 14.8 Å². The van der Waals surface area contributed by atoms with Crippen molar-refractivity contribution in [3.05, 3.63) is 6.33 Å². The van der Waals surface area contributed by atoms with Crippen LogP contribution in [0.2, 0.25) is 0 Å². The van der Waals surface area contributed by atoms with E-state index in [9.17, 15) is 4.79 Å². The molecule has 1 rings (SSSR count). The van der Waals surface area contributed by atoms with Crippen LogP contribution in [-0.4, -0.2) is 45.3 Å². The van der Waals surface area contributed by atoms with Crippen LogP contribution < -0.4 is 0 Å². The number of rotatable bonds is 8. The first-order valence-electron chi connectivity index (χ1n) is 4.95. The highest BCUT2D eigenvalue weighted by atomic mass is 32.2. The molecule has 0 bridgehead atoms. The number of aromatic nitrogens is 3. The number of nitrogens with zero attached hydrogens (tertiary/aromatic N) is 3. The number of carboxylic acids is 1. The third-order valence-electron chi connectivity index (χ3n) is 1.90. The number of thioether (sulfide) groups is 1. The van der Waals surface area contributed by atoms with Gasteiger partial charge in [-0.3, -0.25) is 4.79 Å². The summed E-state index contributed by atoms with van der Waals surface area (Å²) in [5.41, 5.74) is 0. The number of aryl methyl sites for hydroxylation is 1. The molecule has 1 heterocycles. The lowest BCUT2D eigenvalue weighted by molar-refractivity contribution is -0.133. The highest BCUT2D eigenvalue weighted by Gasteiger charge is 2.06. The van der Waals surface area contributed by atoms with Crippen LogP contribution in [0.1, 0.15) is 12.8 Å². The maximum Gasteiger partial charge on any atom is 0.313 e. The monoisotopic (exact) mass is 245 g/mol. The molecule has 1 N–H and O–H groups in total. The van der Waals surface area contributed by atoms with Crippen LogP contribution >= 0.6 is 11.8 Å². The molecule has 0 saturated carbocycles. The fourth-order valence-electron chi connectivity index (χ4n) is 1.16. The van der Waals surface area contributed by atoms with Gasteiger partial charge >= 0.3 is 5.97 Å². The topological polar surface area (TPSA) is 77.2 Å². The van der Waals surface area contributed by atoms with Crippen molar-refractivity contribution in [1.29, 1.82) is 0 Å². The third-order valence-corrected chi connectivity index (χ3v) is 2.87. The van der Waals surface area contributed by atoms with E-state index >= 15 is 0 Å². The van der Waals surface area contributed by atoms with Gasteiger partial charge in [-0.1, -0.05) is 11.8 Å². The summed E-state index contributed by atoms with van der Waals surface area (Å²) in [5, 5.41) is 16.8. The van der Waals surface area contributed by atoms with E-state index in [1.807, 2.05) is 4.57 Å². The zero-order valence-electron chi connectivity index (χ0n) is 9.13. The van der Waals surface area contributed by atoms with Crippen LogP contribution in [0.4, 0.5) is 0 Å². The van der Waals surface area contributed by atoms with Crippen LogP contribution in [-0.2, 0) is 16.1 Å². The molecule has 0 amide bonds. The number of methoxy groups -OCH3 is 1. The van der Waals surface area contributed by atoms with Gasteiger partial charge in [0, 0.05) is 20.3 Å². The number of hydrogen-bond acceptors (Lipinski definition) is 5. The lowest BCUT2D eigenvalue weighted by Crippen LogP contribution is -2.03. The maximum atomic E-state index is 10.4. The minimum atomic E-state index is -0.848. The van der Waals surface area contributed by atoms with E-state index in [0.717, 1.165) is 26.0 Å². The van der Waals surface area contributed by atoms with Gasteiger partial charge in [-0.25, -0.2) is 0 Å². The van der Waals surface area contributed by atoms with Gasteiger partial charge in [0.25, 0.3) is 0 Å². The van der Waals surface area contributed by atoms with E-state index in [1.54, 1.807) is 13.4 Å². The van der Waals surface area contributed by atoms with Crippen molar-refractivity contribution in [3.63, 3.8) is 0 Å². The molecule has 0 radical (unpaired) electrons. The smallest absolute Gasteiger partial charge is 0.313 e. The van der Waals surface area contributed by atoms with Crippen molar-refractivity contribution >= 4 is 17.7 Å². The molecule has 1 aromatic rings. The summed E-state index contributed by atoms with van der Waals surface area (Å²) >= 11 is 1.18. The second kappa shape index (κ2) is 7.24. The number of carboxylic acid groups (broad SMARTS) is 1. The molecule has 0 fully saturated rings. The van der Waals surface area contributed by atoms with E-state index in [1.165, 1.54) is 11.8 Å². The van der Waals surface area contributed by atoms with Crippen LogP contribution in [0.5, 0.6) is 0 Å². The van der Waals surface area contributed by atoms with Gasteiger partial charge in [0.15, 0.2) is 5.16 Å². The van der Waals surface area contributed by atoms with E-state index in [4.69, 9.17) is 9.84 Å². The molecule has 16 heavy (non-hydrogen) atoms. The largest absolute Gasteiger partial charge is 0.481 e. The van der Waals surface area contributed by atoms with E-state index < -0.39 is 5.97 Å². The number of hydrogen-bond donors (Lipinski definition) is 1. The third kappa shape index (κ3) is 4.63. The van der Waals surface area contributed by atoms with Gasteiger partial charge in [-0.05, 0) is 12.8 Å². The Kier molecular flexibility index (Phi) is 5.87. The van der Waals surface area contributed by atoms with Crippen molar-refractivity contribution in [3.8, 4) is 0 Å². The second-order valence-corrected chi connectivity index (χ2v) is 4.13. The predicted octanol–water partition coefficient (Wildman–Crippen LogP) is 0.881. The van der Waals surface area contributed by atoms with Crippen molar-refractivity contribution < 1.29 is 14.6 Å². The summed E-state index contributed by atoms with van der Waals surface area (Å²) in [7, 11) is 1.67. The SMILES string of the molecule is COCCCCn1cnnc1SCC(=O)O. The van der Waals surface area contributed by atoms with Gasteiger partial charge in [0.05, 0.1) is 5.75 Å². The average molecular weight is 245 g/mol. The lowest BCUT2D eigenvalue weighted by atomic mass is 10.3. The van der Waals surface area contributed by atoms with Crippen molar-refractivity contribution in [2.75, 3.05) is 19.5 Å².